The SMILES string of the molecule is COC(=O)C1=C(C(=O)OC)N(c2cccc(C#C[Si](C)(C)C)c2)COC1. The monoisotopic (exact) mass is 373 g/mol. The van der Waals surface area contributed by atoms with E-state index in [2.05, 4.69) is 31.1 Å². The van der Waals surface area contributed by atoms with Crippen molar-refractivity contribution in [3.63, 3.8) is 0 Å². The van der Waals surface area contributed by atoms with E-state index in [4.69, 9.17) is 14.2 Å². The zero-order chi connectivity index (χ0) is 19.3. The van der Waals surface area contributed by atoms with E-state index in [1.807, 2.05) is 24.3 Å². The molecule has 0 aliphatic carbocycles. The van der Waals surface area contributed by atoms with Crippen LogP contribution in [0.2, 0.25) is 19.6 Å². The van der Waals surface area contributed by atoms with Crippen LogP contribution < -0.4 is 4.90 Å². The number of carbonyl (C=O) groups is 2. The van der Waals surface area contributed by atoms with Crippen LogP contribution >= 0.6 is 0 Å². The molecule has 0 saturated heterocycles. The van der Waals surface area contributed by atoms with Gasteiger partial charge in [0.05, 0.1) is 26.4 Å². The lowest BCUT2D eigenvalue weighted by Crippen LogP contribution is -2.38. The Bertz CT molecular complexity index is 798. The van der Waals surface area contributed by atoms with E-state index >= 15 is 0 Å². The predicted molar refractivity (Wildman–Crippen MR) is 101 cm³/mol. The normalized spacial score (nSPS) is 14.4. The zero-order valence-electron chi connectivity index (χ0n) is 15.7. The van der Waals surface area contributed by atoms with Crippen molar-refractivity contribution < 1.29 is 23.8 Å². The molecule has 1 aromatic carbocycles. The zero-order valence-corrected chi connectivity index (χ0v) is 16.7. The van der Waals surface area contributed by atoms with E-state index in [0.717, 1.165) is 5.56 Å². The van der Waals surface area contributed by atoms with E-state index in [1.54, 1.807) is 4.90 Å². The number of nitrogens with zero attached hydrogens (tertiary/aromatic N) is 1. The number of rotatable bonds is 3. The van der Waals surface area contributed by atoms with Crippen molar-refractivity contribution in [1.29, 1.82) is 0 Å². The molecule has 2 rings (SSSR count). The van der Waals surface area contributed by atoms with Gasteiger partial charge in [0, 0.05) is 11.3 Å². The van der Waals surface area contributed by atoms with Gasteiger partial charge < -0.3 is 19.1 Å². The van der Waals surface area contributed by atoms with Gasteiger partial charge in [-0.2, -0.15) is 0 Å². The largest absolute Gasteiger partial charge is 0.466 e. The highest BCUT2D eigenvalue weighted by Crippen LogP contribution is 2.27. The number of hydrogen-bond donors (Lipinski definition) is 0. The molecule has 0 unspecified atom stereocenters. The molecular formula is C19H23NO5Si. The Morgan fingerprint density at radius 3 is 2.46 bits per heavy atom. The van der Waals surface area contributed by atoms with Crippen LogP contribution in [0.5, 0.6) is 0 Å². The average Bonchev–Trinajstić information content (AvgIpc) is 2.64. The van der Waals surface area contributed by atoms with Gasteiger partial charge in [0.2, 0.25) is 0 Å². The Morgan fingerprint density at radius 2 is 1.85 bits per heavy atom. The molecule has 6 nitrogen and oxygen atoms in total. The smallest absolute Gasteiger partial charge is 0.355 e. The minimum absolute atomic E-state index is 0.0112. The van der Waals surface area contributed by atoms with Crippen molar-refractivity contribution in [2.24, 2.45) is 0 Å². The van der Waals surface area contributed by atoms with E-state index < -0.39 is 20.0 Å². The summed E-state index contributed by atoms with van der Waals surface area (Å²) in [6.45, 7) is 6.62. The number of carbonyl (C=O) groups excluding carboxylic acids is 2. The Hall–Kier alpha value is -2.56. The maximum absolute atomic E-state index is 12.3. The van der Waals surface area contributed by atoms with Crippen molar-refractivity contribution in [3.05, 3.63) is 41.1 Å². The molecule has 1 aromatic rings. The van der Waals surface area contributed by atoms with E-state index in [0.29, 0.717) is 5.69 Å². The van der Waals surface area contributed by atoms with Crippen molar-refractivity contribution in [2.75, 3.05) is 32.5 Å². The summed E-state index contributed by atoms with van der Waals surface area (Å²) in [5.41, 5.74) is 5.09. The van der Waals surface area contributed by atoms with E-state index in [9.17, 15) is 9.59 Å². The van der Waals surface area contributed by atoms with E-state index in [-0.39, 0.29) is 24.6 Å². The molecule has 0 N–H and O–H groups in total. The minimum Gasteiger partial charge on any atom is -0.466 e. The molecule has 1 aliphatic rings. The third-order valence-electron chi connectivity index (χ3n) is 3.57. The first-order chi connectivity index (χ1) is 12.3. The van der Waals surface area contributed by atoms with Gasteiger partial charge in [0.25, 0.3) is 0 Å². The van der Waals surface area contributed by atoms with Crippen molar-refractivity contribution in [1.82, 2.24) is 0 Å². The number of anilines is 1. The van der Waals surface area contributed by atoms with Gasteiger partial charge in [-0.3, -0.25) is 0 Å². The van der Waals surface area contributed by atoms with Crippen molar-refractivity contribution >= 4 is 25.7 Å². The highest BCUT2D eigenvalue weighted by molar-refractivity contribution is 6.83. The average molecular weight is 373 g/mol. The van der Waals surface area contributed by atoms with Gasteiger partial charge in [-0.25, -0.2) is 9.59 Å². The van der Waals surface area contributed by atoms with Gasteiger partial charge in [-0.15, -0.1) is 5.54 Å². The Balaban J connectivity index is 2.50. The Labute approximate surface area is 154 Å². The van der Waals surface area contributed by atoms with Crippen LogP contribution in [-0.2, 0) is 23.8 Å². The molecule has 7 heteroatoms. The third kappa shape index (κ3) is 4.75. The number of methoxy groups -OCH3 is 2. The molecule has 1 heterocycles. The molecule has 1 aliphatic heterocycles. The Kier molecular flexibility index (Phi) is 6.24. The molecular weight excluding hydrogens is 350 g/mol. The number of hydrogen-bond acceptors (Lipinski definition) is 6. The molecule has 0 radical (unpaired) electrons. The lowest BCUT2D eigenvalue weighted by molar-refractivity contribution is -0.140. The van der Waals surface area contributed by atoms with Gasteiger partial charge in [-0.1, -0.05) is 31.6 Å². The predicted octanol–water partition coefficient (Wildman–Crippen LogP) is 2.31. The van der Waals surface area contributed by atoms with Crippen LogP contribution in [0.4, 0.5) is 5.69 Å². The fourth-order valence-corrected chi connectivity index (χ4v) is 2.88. The third-order valence-corrected chi connectivity index (χ3v) is 4.45. The molecule has 0 aromatic heterocycles. The summed E-state index contributed by atoms with van der Waals surface area (Å²) >= 11 is 0. The fourth-order valence-electron chi connectivity index (χ4n) is 2.36. The maximum Gasteiger partial charge on any atom is 0.355 e. The maximum atomic E-state index is 12.3. The molecule has 0 amide bonds. The van der Waals surface area contributed by atoms with Crippen LogP contribution in [-0.4, -0.2) is 47.6 Å². The topological polar surface area (TPSA) is 65.1 Å². The number of esters is 2. The quantitative estimate of drug-likeness (QED) is 0.460. The first-order valence-electron chi connectivity index (χ1n) is 8.15. The fraction of sp³-hybridized carbons (Fsp3) is 0.368. The van der Waals surface area contributed by atoms with Crippen LogP contribution in [0.1, 0.15) is 5.56 Å². The van der Waals surface area contributed by atoms with Gasteiger partial charge >= 0.3 is 11.9 Å². The molecule has 0 bridgehead atoms. The lowest BCUT2D eigenvalue weighted by Gasteiger charge is -2.31. The van der Waals surface area contributed by atoms with Crippen molar-refractivity contribution in [2.45, 2.75) is 19.6 Å². The molecule has 0 spiro atoms. The summed E-state index contributed by atoms with van der Waals surface area (Å²) < 4.78 is 15.1. The summed E-state index contributed by atoms with van der Waals surface area (Å²) in [5, 5.41) is 0. The first-order valence-corrected chi connectivity index (χ1v) is 11.6. The molecule has 0 fully saturated rings. The second kappa shape index (κ2) is 8.21. The summed E-state index contributed by atoms with van der Waals surface area (Å²) in [4.78, 5) is 26.0. The van der Waals surface area contributed by atoms with Gasteiger partial charge in [-0.05, 0) is 18.2 Å². The molecule has 0 atom stereocenters. The summed E-state index contributed by atoms with van der Waals surface area (Å²) in [6.07, 6.45) is 0. The second-order valence-corrected chi connectivity index (χ2v) is 11.5. The molecule has 26 heavy (non-hydrogen) atoms. The first kappa shape index (κ1) is 19.8. The number of benzene rings is 1. The van der Waals surface area contributed by atoms with Crippen LogP contribution in [0.15, 0.2) is 35.5 Å². The van der Waals surface area contributed by atoms with Gasteiger partial charge in [0.1, 0.15) is 20.5 Å². The van der Waals surface area contributed by atoms with Crippen LogP contribution in [0.25, 0.3) is 0 Å². The molecule has 0 saturated carbocycles. The van der Waals surface area contributed by atoms with Crippen LogP contribution in [0.3, 0.4) is 0 Å². The standard InChI is InChI=1S/C19H23NO5Si/c1-23-18(21)16-12-25-13-20(17(16)19(22)24-2)15-8-6-7-14(11-15)9-10-26(3,4)5/h6-8,11H,12-13H2,1-5H3. The highest BCUT2D eigenvalue weighted by atomic mass is 28.3. The second-order valence-electron chi connectivity index (χ2n) is 6.77. The van der Waals surface area contributed by atoms with Crippen molar-refractivity contribution in [3.8, 4) is 11.5 Å². The van der Waals surface area contributed by atoms with E-state index in [1.165, 1.54) is 14.2 Å². The summed E-state index contributed by atoms with van der Waals surface area (Å²) in [5.74, 6) is 1.95. The highest BCUT2D eigenvalue weighted by Gasteiger charge is 2.32. The number of ether oxygens (including phenoxy) is 3. The summed E-state index contributed by atoms with van der Waals surface area (Å²) in [6, 6.07) is 7.45. The molecule has 138 valence electrons. The lowest BCUT2D eigenvalue weighted by atomic mass is 10.1. The minimum atomic E-state index is -1.51. The van der Waals surface area contributed by atoms with Gasteiger partial charge in [0.15, 0.2) is 0 Å². The van der Waals surface area contributed by atoms with Crippen LogP contribution in [0, 0.1) is 11.5 Å². The Morgan fingerprint density at radius 1 is 1.15 bits per heavy atom. The summed E-state index contributed by atoms with van der Waals surface area (Å²) in [7, 11) is 1.02.